The molecule has 1 amide bonds. The zero-order valence-corrected chi connectivity index (χ0v) is 12.2. The van der Waals surface area contributed by atoms with E-state index in [1.165, 1.54) is 0 Å². The van der Waals surface area contributed by atoms with Gasteiger partial charge in [0.15, 0.2) is 0 Å². The highest BCUT2D eigenvalue weighted by Gasteiger charge is 2.21. The van der Waals surface area contributed by atoms with Gasteiger partial charge in [0.1, 0.15) is 5.82 Å². The Morgan fingerprint density at radius 1 is 1.22 bits per heavy atom. The van der Waals surface area contributed by atoms with Crippen molar-refractivity contribution in [3.8, 4) is 0 Å². The molecule has 0 aliphatic rings. The number of benzene rings is 1. The highest BCUT2D eigenvalue weighted by Crippen LogP contribution is 2.21. The largest absolute Gasteiger partial charge is 0.310 e. The summed E-state index contributed by atoms with van der Waals surface area (Å²) in [6.45, 7) is 5.63. The number of nitrogens with zero attached hydrogens (tertiary/aromatic N) is 1. The van der Waals surface area contributed by atoms with E-state index in [0.29, 0.717) is 5.82 Å². The van der Waals surface area contributed by atoms with Gasteiger partial charge < -0.3 is 5.32 Å². The van der Waals surface area contributed by atoms with Crippen LogP contribution in [0.3, 0.4) is 0 Å². The standard InChI is InChI=1S/C14H15BrN2O/c1-14(2,3)13(18)17-12-7-4-9-8-10(15)5-6-11(9)16-12/h4-8H,1-3H3,(H,16,17,18). The summed E-state index contributed by atoms with van der Waals surface area (Å²) < 4.78 is 1.02. The van der Waals surface area contributed by atoms with Gasteiger partial charge in [-0.1, -0.05) is 36.7 Å². The van der Waals surface area contributed by atoms with Crippen molar-refractivity contribution in [3.63, 3.8) is 0 Å². The summed E-state index contributed by atoms with van der Waals surface area (Å²) in [6, 6.07) is 9.62. The van der Waals surface area contributed by atoms with Gasteiger partial charge in [0, 0.05) is 15.3 Å². The Morgan fingerprint density at radius 2 is 1.94 bits per heavy atom. The van der Waals surface area contributed by atoms with Gasteiger partial charge in [-0.2, -0.15) is 0 Å². The van der Waals surface area contributed by atoms with Crippen LogP contribution in [0.4, 0.5) is 5.82 Å². The van der Waals surface area contributed by atoms with Crippen molar-refractivity contribution in [1.29, 1.82) is 0 Å². The SMILES string of the molecule is CC(C)(C)C(=O)Nc1ccc2cc(Br)ccc2n1. The number of amides is 1. The Morgan fingerprint density at radius 3 is 2.61 bits per heavy atom. The molecule has 1 N–H and O–H groups in total. The average molecular weight is 307 g/mol. The molecule has 3 nitrogen and oxygen atoms in total. The molecular weight excluding hydrogens is 292 g/mol. The monoisotopic (exact) mass is 306 g/mol. The van der Waals surface area contributed by atoms with E-state index in [2.05, 4.69) is 26.2 Å². The number of carbonyl (C=O) groups is 1. The van der Waals surface area contributed by atoms with Crippen molar-refractivity contribution >= 4 is 38.6 Å². The smallest absolute Gasteiger partial charge is 0.230 e. The molecule has 4 heteroatoms. The minimum atomic E-state index is -0.420. The van der Waals surface area contributed by atoms with E-state index >= 15 is 0 Å². The number of halogens is 1. The second-order valence-electron chi connectivity index (χ2n) is 5.24. The highest BCUT2D eigenvalue weighted by molar-refractivity contribution is 9.10. The molecule has 0 aliphatic carbocycles. The van der Waals surface area contributed by atoms with Crippen molar-refractivity contribution in [1.82, 2.24) is 4.98 Å². The van der Waals surface area contributed by atoms with Crippen LogP contribution >= 0.6 is 15.9 Å². The van der Waals surface area contributed by atoms with Gasteiger partial charge in [0.2, 0.25) is 5.91 Å². The van der Waals surface area contributed by atoms with Crippen LogP contribution in [-0.2, 0) is 4.79 Å². The first kappa shape index (κ1) is 13.0. The van der Waals surface area contributed by atoms with Crippen molar-refractivity contribution in [2.24, 2.45) is 5.41 Å². The first-order valence-corrected chi connectivity index (χ1v) is 6.53. The van der Waals surface area contributed by atoms with Crippen LogP contribution in [0, 0.1) is 5.41 Å². The number of nitrogens with one attached hydrogen (secondary N) is 1. The van der Waals surface area contributed by atoms with Crippen LogP contribution in [0.5, 0.6) is 0 Å². The van der Waals surface area contributed by atoms with Crippen LogP contribution in [0.25, 0.3) is 10.9 Å². The third-order valence-corrected chi connectivity index (χ3v) is 3.07. The quantitative estimate of drug-likeness (QED) is 0.866. The van der Waals surface area contributed by atoms with E-state index in [1.807, 2.05) is 51.1 Å². The molecule has 0 radical (unpaired) electrons. The molecule has 2 aromatic rings. The van der Waals surface area contributed by atoms with Gasteiger partial charge in [-0.05, 0) is 30.3 Å². The summed E-state index contributed by atoms with van der Waals surface area (Å²) >= 11 is 3.42. The van der Waals surface area contributed by atoms with Crippen molar-refractivity contribution in [3.05, 3.63) is 34.8 Å². The number of aromatic nitrogens is 1. The maximum absolute atomic E-state index is 11.9. The topological polar surface area (TPSA) is 42.0 Å². The van der Waals surface area contributed by atoms with Crippen LogP contribution in [0.1, 0.15) is 20.8 Å². The maximum atomic E-state index is 11.9. The summed E-state index contributed by atoms with van der Waals surface area (Å²) in [6.07, 6.45) is 0. The van der Waals surface area contributed by atoms with Gasteiger partial charge in [0.05, 0.1) is 5.52 Å². The predicted octanol–water partition coefficient (Wildman–Crippen LogP) is 3.98. The third-order valence-electron chi connectivity index (χ3n) is 2.57. The van der Waals surface area contributed by atoms with Gasteiger partial charge >= 0.3 is 0 Å². The number of fused-ring (bicyclic) bond motifs is 1. The molecule has 1 aromatic heterocycles. The molecule has 0 atom stereocenters. The Kier molecular flexibility index (Phi) is 3.39. The van der Waals surface area contributed by atoms with Crippen LogP contribution < -0.4 is 5.32 Å². The van der Waals surface area contributed by atoms with Crippen molar-refractivity contribution in [2.75, 3.05) is 5.32 Å². The first-order valence-electron chi connectivity index (χ1n) is 5.74. The summed E-state index contributed by atoms with van der Waals surface area (Å²) in [5.74, 6) is 0.552. The van der Waals surface area contributed by atoms with Crippen LogP contribution in [-0.4, -0.2) is 10.9 Å². The molecule has 2 rings (SSSR count). The third kappa shape index (κ3) is 2.88. The van der Waals surface area contributed by atoms with Gasteiger partial charge in [-0.25, -0.2) is 4.98 Å². The molecule has 0 aliphatic heterocycles. The van der Waals surface area contributed by atoms with Crippen molar-refractivity contribution in [2.45, 2.75) is 20.8 Å². The molecule has 0 bridgehead atoms. The molecule has 1 heterocycles. The number of hydrogen-bond donors (Lipinski definition) is 1. The Labute approximate surface area is 115 Å². The number of carbonyl (C=O) groups excluding carboxylic acids is 1. The molecule has 94 valence electrons. The molecule has 0 spiro atoms. The summed E-state index contributed by atoms with van der Waals surface area (Å²) in [4.78, 5) is 16.3. The number of rotatable bonds is 1. The van der Waals surface area contributed by atoms with Gasteiger partial charge in [0.25, 0.3) is 0 Å². The van der Waals surface area contributed by atoms with Gasteiger partial charge in [-0.3, -0.25) is 4.79 Å². The minimum absolute atomic E-state index is 0.0357. The molecular formula is C14H15BrN2O. The summed E-state index contributed by atoms with van der Waals surface area (Å²) in [5, 5.41) is 3.87. The zero-order chi connectivity index (χ0) is 13.3. The fourth-order valence-corrected chi connectivity index (χ4v) is 1.85. The highest BCUT2D eigenvalue weighted by atomic mass is 79.9. The van der Waals surface area contributed by atoms with E-state index in [9.17, 15) is 4.79 Å². The maximum Gasteiger partial charge on any atom is 0.230 e. The Balaban J connectivity index is 2.31. The van der Waals surface area contributed by atoms with Crippen molar-refractivity contribution < 1.29 is 4.79 Å². The average Bonchev–Trinajstić information content (AvgIpc) is 2.28. The number of hydrogen-bond acceptors (Lipinski definition) is 2. The lowest BCUT2D eigenvalue weighted by atomic mass is 9.96. The minimum Gasteiger partial charge on any atom is -0.310 e. The zero-order valence-electron chi connectivity index (χ0n) is 10.6. The predicted molar refractivity (Wildman–Crippen MR) is 77.5 cm³/mol. The molecule has 0 fully saturated rings. The lowest BCUT2D eigenvalue weighted by Gasteiger charge is -2.17. The summed E-state index contributed by atoms with van der Waals surface area (Å²) in [7, 11) is 0. The van der Waals surface area contributed by atoms with E-state index in [4.69, 9.17) is 0 Å². The first-order chi connectivity index (χ1) is 8.36. The molecule has 0 saturated heterocycles. The van der Waals surface area contributed by atoms with E-state index in [1.54, 1.807) is 0 Å². The second kappa shape index (κ2) is 4.69. The van der Waals surface area contributed by atoms with E-state index < -0.39 is 5.41 Å². The normalized spacial score (nSPS) is 11.6. The molecule has 18 heavy (non-hydrogen) atoms. The molecule has 0 unspecified atom stereocenters. The molecule has 1 aromatic carbocycles. The van der Waals surface area contributed by atoms with Crippen LogP contribution in [0.2, 0.25) is 0 Å². The fourth-order valence-electron chi connectivity index (χ4n) is 1.47. The second-order valence-corrected chi connectivity index (χ2v) is 6.15. The van der Waals surface area contributed by atoms with Crippen LogP contribution in [0.15, 0.2) is 34.8 Å². The van der Waals surface area contributed by atoms with E-state index in [-0.39, 0.29) is 5.91 Å². The lowest BCUT2D eigenvalue weighted by Crippen LogP contribution is -2.27. The fraction of sp³-hybridized carbons (Fsp3) is 0.286. The van der Waals surface area contributed by atoms with E-state index in [0.717, 1.165) is 15.4 Å². The lowest BCUT2D eigenvalue weighted by molar-refractivity contribution is -0.123. The molecule has 0 saturated carbocycles. The number of anilines is 1. The Bertz CT molecular complexity index is 602. The summed E-state index contributed by atoms with van der Waals surface area (Å²) in [5.41, 5.74) is 0.445. The Hall–Kier alpha value is -1.42. The number of pyridine rings is 1. The van der Waals surface area contributed by atoms with Gasteiger partial charge in [-0.15, -0.1) is 0 Å².